The number of hydrogen-bond acceptors (Lipinski definition) is 6. The summed E-state index contributed by atoms with van der Waals surface area (Å²) in [4.78, 5) is 23.5. The zero-order chi connectivity index (χ0) is 13.4. The normalized spacial score (nSPS) is 10.8. The molecule has 0 atom stereocenters. The molecule has 0 saturated heterocycles. The maximum absolute atomic E-state index is 11.9. The molecule has 1 aromatic carbocycles. The van der Waals surface area contributed by atoms with Crippen LogP contribution in [-0.4, -0.2) is 32.1 Å². The topological polar surface area (TPSA) is 99.1 Å². The van der Waals surface area contributed by atoms with Crippen molar-refractivity contribution in [2.24, 2.45) is 0 Å². The highest BCUT2D eigenvalue weighted by atomic mass is 32.1. The SMILES string of the molecule is O=c1[nH]c(-c2cnc(B(O)O)s2)nc2ccccc12. The fourth-order valence-corrected chi connectivity index (χ4v) is 2.45. The van der Waals surface area contributed by atoms with Crippen molar-refractivity contribution in [1.29, 1.82) is 0 Å². The minimum absolute atomic E-state index is 0.158. The first-order valence-electron chi connectivity index (χ1n) is 5.46. The molecule has 0 amide bonds. The highest BCUT2D eigenvalue weighted by Gasteiger charge is 2.17. The summed E-state index contributed by atoms with van der Waals surface area (Å²) in [5.41, 5.74) is 0.348. The number of aromatic amines is 1. The van der Waals surface area contributed by atoms with E-state index in [1.807, 2.05) is 0 Å². The summed E-state index contributed by atoms with van der Waals surface area (Å²) in [5.74, 6) is 0.369. The number of benzene rings is 1. The Kier molecular flexibility index (Phi) is 2.90. The molecule has 0 aliphatic carbocycles. The predicted octanol–water partition coefficient (Wildman–Crippen LogP) is -0.274. The van der Waals surface area contributed by atoms with Crippen molar-refractivity contribution < 1.29 is 10.0 Å². The third kappa shape index (κ3) is 2.16. The zero-order valence-electron chi connectivity index (χ0n) is 9.57. The summed E-state index contributed by atoms with van der Waals surface area (Å²) < 4.78 is 0. The van der Waals surface area contributed by atoms with Crippen LogP contribution in [-0.2, 0) is 0 Å². The quantitative estimate of drug-likeness (QED) is 0.558. The molecule has 6 nitrogen and oxygen atoms in total. The van der Waals surface area contributed by atoms with E-state index in [1.54, 1.807) is 24.3 Å². The lowest BCUT2D eigenvalue weighted by atomic mass is 9.94. The Morgan fingerprint density at radius 2 is 2.05 bits per heavy atom. The standard InChI is InChI=1S/C11H8BN3O3S/c16-10-6-3-1-2-4-7(6)14-9(15-10)8-5-13-11(19-8)12(17)18/h1-5,17-18H,(H,14,15,16). The molecule has 0 aliphatic heterocycles. The summed E-state index contributed by atoms with van der Waals surface area (Å²) >= 11 is 1.07. The van der Waals surface area contributed by atoms with Crippen LogP contribution in [0.4, 0.5) is 0 Å². The third-order valence-electron chi connectivity index (χ3n) is 2.59. The van der Waals surface area contributed by atoms with Gasteiger partial charge in [-0.3, -0.25) is 9.78 Å². The van der Waals surface area contributed by atoms with Crippen LogP contribution in [0.15, 0.2) is 35.3 Å². The van der Waals surface area contributed by atoms with Gasteiger partial charge in [0.05, 0.1) is 15.8 Å². The molecule has 0 saturated carbocycles. The van der Waals surface area contributed by atoms with Gasteiger partial charge in [0, 0.05) is 6.20 Å². The maximum atomic E-state index is 11.9. The van der Waals surface area contributed by atoms with Gasteiger partial charge in [-0.1, -0.05) is 12.1 Å². The van der Waals surface area contributed by atoms with E-state index >= 15 is 0 Å². The first-order valence-corrected chi connectivity index (χ1v) is 6.28. The van der Waals surface area contributed by atoms with E-state index in [-0.39, 0.29) is 10.5 Å². The molecule has 0 unspecified atom stereocenters. The molecule has 0 radical (unpaired) electrons. The van der Waals surface area contributed by atoms with E-state index in [0.717, 1.165) is 11.3 Å². The molecule has 2 aromatic heterocycles. The predicted molar refractivity (Wildman–Crippen MR) is 73.3 cm³/mol. The van der Waals surface area contributed by atoms with Gasteiger partial charge >= 0.3 is 7.12 Å². The second-order valence-electron chi connectivity index (χ2n) is 3.87. The highest BCUT2D eigenvalue weighted by Crippen LogP contribution is 2.18. The number of H-pyrrole nitrogens is 1. The average Bonchev–Trinajstić information content (AvgIpc) is 2.88. The summed E-state index contributed by atoms with van der Waals surface area (Å²) in [6.45, 7) is 0. The van der Waals surface area contributed by atoms with E-state index in [2.05, 4.69) is 15.0 Å². The Morgan fingerprint density at radius 1 is 1.26 bits per heavy atom. The molecule has 94 valence electrons. The molecule has 19 heavy (non-hydrogen) atoms. The number of aromatic nitrogens is 3. The number of hydrogen-bond donors (Lipinski definition) is 3. The molecular weight excluding hydrogens is 265 g/mol. The van der Waals surface area contributed by atoms with Crippen molar-refractivity contribution in [2.45, 2.75) is 0 Å². The molecule has 8 heteroatoms. The van der Waals surface area contributed by atoms with Crippen LogP contribution in [0.25, 0.3) is 21.6 Å². The fraction of sp³-hybridized carbons (Fsp3) is 0. The summed E-state index contributed by atoms with van der Waals surface area (Å²) in [7, 11) is -1.62. The Morgan fingerprint density at radius 3 is 2.79 bits per heavy atom. The lowest BCUT2D eigenvalue weighted by molar-refractivity contribution is 0.425. The Hall–Kier alpha value is -2.03. The second kappa shape index (κ2) is 4.58. The Balaban J connectivity index is 2.17. The molecule has 3 rings (SSSR count). The van der Waals surface area contributed by atoms with Crippen molar-refractivity contribution in [3.63, 3.8) is 0 Å². The van der Waals surface area contributed by atoms with Gasteiger partial charge in [-0.15, -0.1) is 11.3 Å². The van der Waals surface area contributed by atoms with Crippen molar-refractivity contribution in [3.8, 4) is 10.7 Å². The number of rotatable bonds is 2. The van der Waals surface area contributed by atoms with E-state index in [0.29, 0.717) is 21.6 Å². The van der Waals surface area contributed by atoms with Gasteiger partial charge in [-0.05, 0) is 12.1 Å². The number of nitrogens with one attached hydrogen (secondary N) is 1. The molecule has 3 aromatic rings. The van der Waals surface area contributed by atoms with Gasteiger partial charge in [0.2, 0.25) is 0 Å². The van der Waals surface area contributed by atoms with Crippen LogP contribution in [0.2, 0.25) is 0 Å². The zero-order valence-corrected chi connectivity index (χ0v) is 10.4. The van der Waals surface area contributed by atoms with Crippen molar-refractivity contribution in [1.82, 2.24) is 15.0 Å². The first-order chi connectivity index (χ1) is 9.15. The minimum Gasteiger partial charge on any atom is -0.422 e. The molecule has 3 N–H and O–H groups in total. The summed E-state index contributed by atoms with van der Waals surface area (Å²) in [6, 6.07) is 7.01. The van der Waals surface area contributed by atoms with E-state index in [1.165, 1.54) is 6.20 Å². The number of thiazole rings is 1. The van der Waals surface area contributed by atoms with Crippen molar-refractivity contribution >= 4 is 34.3 Å². The van der Waals surface area contributed by atoms with E-state index < -0.39 is 7.12 Å². The minimum atomic E-state index is -1.62. The number of para-hydroxylation sites is 1. The monoisotopic (exact) mass is 273 g/mol. The van der Waals surface area contributed by atoms with Gasteiger partial charge in [0.25, 0.3) is 5.56 Å². The fourth-order valence-electron chi connectivity index (χ4n) is 1.72. The van der Waals surface area contributed by atoms with Crippen LogP contribution in [0, 0.1) is 0 Å². The van der Waals surface area contributed by atoms with Gasteiger partial charge in [-0.2, -0.15) is 0 Å². The molecule has 0 aliphatic rings. The summed E-state index contributed by atoms with van der Waals surface area (Å²) in [6.07, 6.45) is 1.45. The van der Waals surface area contributed by atoms with Crippen LogP contribution < -0.4 is 10.5 Å². The largest absolute Gasteiger partial charge is 0.519 e. The molecule has 0 bridgehead atoms. The first kappa shape index (κ1) is 12.0. The van der Waals surface area contributed by atoms with Crippen molar-refractivity contribution in [2.75, 3.05) is 0 Å². The van der Waals surface area contributed by atoms with Crippen LogP contribution in [0.1, 0.15) is 0 Å². The number of fused-ring (bicyclic) bond motifs is 1. The van der Waals surface area contributed by atoms with E-state index in [4.69, 9.17) is 10.0 Å². The highest BCUT2D eigenvalue weighted by molar-refractivity contribution is 7.24. The summed E-state index contributed by atoms with van der Waals surface area (Å²) in [5, 5.41) is 18.6. The molecule has 2 heterocycles. The lowest BCUT2D eigenvalue weighted by Gasteiger charge is -1.99. The van der Waals surface area contributed by atoms with E-state index in [9.17, 15) is 4.79 Å². The Bertz CT molecular complexity index is 799. The van der Waals surface area contributed by atoms with Gasteiger partial charge < -0.3 is 15.0 Å². The number of nitrogens with zero attached hydrogens (tertiary/aromatic N) is 2. The Labute approximate surface area is 111 Å². The van der Waals surface area contributed by atoms with Gasteiger partial charge in [-0.25, -0.2) is 4.98 Å². The lowest BCUT2D eigenvalue weighted by Crippen LogP contribution is -2.28. The smallest absolute Gasteiger partial charge is 0.422 e. The molecule has 0 spiro atoms. The van der Waals surface area contributed by atoms with Crippen LogP contribution >= 0.6 is 11.3 Å². The van der Waals surface area contributed by atoms with Crippen LogP contribution in [0.5, 0.6) is 0 Å². The van der Waals surface area contributed by atoms with Crippen molar-refractivity contribution in [3.05, 3.63) is 40.8 Å². The average molecular weight is 273 g/mol. The van der Waals surface area contributed by atoms with Crippen LogP contribution in [0.3, 0.4) is 0 Å². The van der Waals surface area contributed by atoms with Gasteiger partial charge in [0.1, 0.15) is 4.91 Å². The second-order valence-corrected chi connectivity index (χ2v) is 4.93. The maximum Gasteiger partial charge on any atom is 0.519 e. The molecule has 0 fully saturated rings. The van der Waals surface area contributed by atoms with Gasteiger partial charge in [0.15, 0.2) is 5.82 Å². The third-order valence-corrected chi connectivity index (χ3v) is 3.63. The molecular formula is C11H8BN3O3S.